The van der Waals surface area contributed by atoms with Gasteiger partial charge in [-0.3, -0.25) is 9.59 Å². The first-order valence-corrected chi connectivity index (χ1v) is 8.46. The molecule has 1 aliphatic heterocycles. The van der Waals surface area contributed by atoms with Gasteiger partial charge < -0.3 is 15.5 Å². The molecule has 1 amide bonds. The lowest BCUT2D eigenvalue weighted by Crippen LogP contribution is -2.50. The second-order valence-corrected chi connectivity index (χ2v) is 9.31. The Morgan fingerprint density at radius 2 is 1.71 bits per heavy atom. The smallest absolute Gasteiger partial charge is 0.326 e. The summed E-state index contributed by atoms with van der Waals surface area (Å²) in [4.78, 5) is 34.8. The lowest BCUT2D eigenvalue weighted by Gasteiger charge is -2.23. The van der Waals surface area contributed by atoms with Crippen molar-refractivity contribution in [3.05, 3.63) is 0 Å². The highest BCUT2D eigenvalue weighted by atomic mass is 32.2. The molecule has 3 N–H and O–H groups in total. The van der Waals surface area contributed by atoms with Crippen molar-refractivity contribution < 1.29 is 24.6 Å². The monoisotopic (exact) mass is 335 g/mol. The minimum atomic E-state index is -1.10. The fourth-order valence-corrected chi connectivity index (χ4v) is 5.22. The first-order valence-electron chi connectivity index (χ1n) is 6.70. The van der Waals surface area contributed by atoms with Crippen molar-refractivity contribution in [2.24, 2.45) is 5.92 Å². The van der Waals surface area contributed by atoms with Gasteiger partial charge in [-0.15, -0.1) is 23.5 Å². The van der Waals surface area contributed by atoms with Crippen LogP contribution in [0.3, 0.4) is 0 Å². The third-order valence-corrected chi connectivity index (χ3v) is 6.73. The third kappa shape index (κ3) is 4.54. The van der Waals surface area contributed by atoms with Crippen LogP contribution in [0, 0.1) is 5.92 Å². The van der Waals surface area contributed by atoms with E-state index in [0.717, 1.165) is 0 Å². The number of carbonyl (C=O) groups excluding carboxylic acids is 1. The largest absolute Gasteiger partial charge is 0.480 e. The Hall–Kier alpha value is -0.890. The zero-order valence-corrected chi connectivity index (χ0v) is 14.1. The molecule has 0 aromatic heterocycles. The van der Waals surface area contributed by atoms with Crippen LogP contribution in [0.4, 0.5) is 0 Å². The Morgan fingerprint density at radius 3 is 2.14 bits per heavy atom. The SMILES string of the molecule is CC[C@H](C)[C@H](NC(=O)C1SC(C)(C)SC1C(=O)O)C(=O)O. The van der Waals surface area contributed by atoms with Gasteiger partial charge in [0, 0.05) is 0 Å². The van der Waals surface area contributed by atoms with E-state index in [1.165, 1.54) is 23.5 Å². The fourth-order valence-electron chi connectivity index (χ4n) is 2.05. The summed E-state index contributed by atoms with van der Waals surface area (Å²) in [5.74, 6) is -2.88. The predicted octanol–water partition coefficient (Wildman–Crippen LogP) is 1.64. The molecule has 1 aliphatic rings. The number of thioether (sulfide) groups is 2. The van der Waals surface area contributed by atoms with Gasteiger partial charge >= 0.3 is 11.9 Å². The van der Waals surface area contributed by atoms with Crippen LogP contribution in [0.15, 0.2) is 0 Å². The van der Waals surface area contributed by atoms with Crippen molar-refractivity contribution in [3.8, 4) is 0 Å². The minimum absolute atomic E-state index is 0.221. The van der Waals surface area contributed by atoms with E-state index < -0.39 is 34.4 Å². The molecule has 0 aromatic carbocycles. The number of carbonyl (C=O) groups is 3. The van der Waals surface area contributed by atoms with E-state index in [-0.39, 0.29) is 10.00 Å². The summed E-state index contributed by atoms with van der Waals surface area (Å²) < 4.78 is -0.389. The van der Waals surface area contributed by atoms with Gasteiger partial charge in [0.15, 0.2) is 0 Å². The lowest BCUT2D eigenvalue weighted by atomic mass is 9.99. The quantitative estimate of drug-likeness (QED) is 0.678. The summed E-state index contributed by atoms with van der Waals surface area (Å²) in [6, 6.07) is -0.994. The van der Waals surface area contributed by atoms with Gasteiger partial charge in [-0.25, -0.2) is 4.79 Å². The topological polar surface area (TPSA) is 104 Å². The minimum Gasteiger partial charge on any atom is -0.480 e. The van der Waals surface area contributed by atoms with Gasteiger partial charge in [-0.2, -0.15) is 0 Å². The molecule has 0 aliphatic carbocycles. The average molecular weight is 335 g/mol. The maximum Gasteiger partial charge on any atom is 0.326 e. The zero-order chi connectivity index (χ0) is 16.4. The third-order valence-electron chi connectivity index (χ3n) is 3.38. The van der Waals surface area contributed by atoms with E-state index >= 15 is 0 Å². The average Bonchev–Trinajstić information content (AvgIpc) is 2.70. The summed E-state index contributed by atoms with van der Waals surface area (Å²) in [5, 5.41) is 19.3. The number of aliphatic carboxylic acids is 2. The van der Waals surface area contributed by atoms with Gasteiger partial charge in [-0.1, -0.05) is 20.3 Å². The van der Waals surface area contributed by atoms with Crippen molar-refractivity contribution in [3.63, 3.8) is 0 Å². The number of amides is 1. The van der Waals surface area contributed by atoms with Crippen LogP contribution in [-0.2, 0) is 14.4 Å². The molecule has 0 aromatic rings. The first-order chi connectivity index (χ1) is 9.59. The fraction of sp³-hybridized carbons (Fsp3) is 0.769. The lowest BCUT2D eigenvalue weighted by molar-refractivity contribution is -0.143. The summed E-state index contributed by atoms with van der Waals surface area (Å²) in [6.07, 6.45) is 0.609. The van der Waals surface area contributed by atoms with Crippen LogP contribution < -0.4 is 5.32 Å². The molecule has 0 spiro atoms. The molecule has 0 radical (unpaired) electrons. The molecule has 0 bridgehead atoms. The number of carboxylic acid groups (broad SMARTS) is 2. The van der Waals surface area contributed by atoms with Gasteiger partial charge in [0.05, 0.1) is 4.08 Å². The Labute approximate surface area is 132 Å². The van der Waals surface area contributed by atoms with Crippen LogP contribution in [0.2, 0.25) is 0 Å². The molecule has 1 heterocycles. The summed E-state index contributed by atoms with van der Waals surface area (Å²) in [6.45, 7) is 7.30. The maximum absolute atomic E-state index is 12.3. The maximum atomic E-state index is 12.3. The molecule has 1 rings (SSSR count). The van der Waals surface area contributed by atoms with Gasteiger partial charge in [0.25, 0.3) is 0 Å². The Balaban J connectivity index is 2.86. The van der Waals surface area contributed by atoms with Crippen LogP contribution in [0.5, 0.6) is 0 Å². The summed E-state index contributed by atoms with van der Waals surface area (Å²) in [7, 11) is 0. The molecular weight excluding hydrogens is 314 g/mol. The molecule has 8 heteroatoms. The van der Waals surface area contributed by atoms with Crippen molar-refractivity contribution in [2.75, 3.05) is 0 Å². The second kappa shape index (κ2) is 6.91. The Morgan fingerprint density at radius 1 is 1.19 bits per heavy atom. The molecule has 2 unspecified atom stereocenters. The summed E-state index contributed by atoms with van der Waals surface area (Å²) in [5.41, 5.74) is 0. The Bertz CT molecular complexity index is 440. The van der Waals surface area contributed by atoms with E-state index in [1.807, 2.05) is 20.8 Å². The Kier molecular flexibility index (Phi) is 5.98. The van der Waals surface area contributed by atoms with Crippen LogP contribution in [0.1, 0.15) is 34.1 Å². The molecule has 21 heavy (non-hydrogen) atoms. The first kappa shape index (κ1) is 18.2. The number of hydrogen-bond acceptors (Lipinski definition) is 5. The van der Waals surface area contributed by atoms with Crippen molar-refractivity contribution >= 4 is 41.4 Å². The van der Waals surface area contributed by atoms with Crippen molar-refractivity contribution in [2.45, 2.75) is 54.7 Å². The van der Waals surface area contributed by atoms with Gasteiger partial charge in [0.2, 0.25) is 5.91 Å². The van der Waals surface area contributed by atoms with Gasteiger partial charge in [-0.05, 0) is 19.8 Å². The van der Waals surface area contributed by atoms with Crippen molar-refractivity contribution in [1.29, 1.82) is 0 Å². The molecule has 1 fully saturated rings. The van der Waals surface area contributed by atoms with Crippen molar-refractivity contribution in [1.82, 2.24) is 5.32 Å². The van der Waals surface area contributed by atoms with E-state index in [2.05, 4.69) is 5.32 Å². The highest BCUT2D eigenvalue weighted by Crippen LogP contribution is 2.52. The molecule has 0 saturated carbocycles. The normalized spacial score (nSPS) is 26.9. The zero-order valence-electron chi connectivity index (χ0n) is 12.5. The number of nitrogens with one attached hydrogen (secondary N) is 1. The summed E-state index contributed by atoms with van der Waals surface area (Å²) >= 11 is 2.48. The molecule has 4 atom stereocenters. The van der Waals surface area contributed by atoms with E-state index in [1.54, 1.807) is 6.92 Å². The highest BCUT2D eigenvalue weighted by molar-refractivity contribution is 8.22. The molecule has 1 saturated heterocycles. The van der Waals surface area contributed by atoms with Gasteiger partial charge in [0.1, 0.15) is 16.5 Å². The highest BCUT2D eigenvalue weighted by Gasteiger charge is 2.48. The number of hydrogen-bond donors (Lipinski definition) is 3. The number of rotatable bonds is 6. The predicted molar refractivity (Wildman–Crippen MR) is 83.5 cm³/mol. The molecular formula is C13H21NO5S2. The van der Waals surface area contributed by atoms with E-state index in [4.69, 9.17) is 0 Å². The van der Waals surface area contributed by atoms with Crippen LogP contribution >= 0.6 is 23.5 Å². The van der Waals surface area contributed by atoms with E-state index in [9.17, 15) is 24.6 Å². The standard InChI is InChI=1S/C13H21NO5S2/c1-5-6(2)7(11(16)17)14-10(15)8-9(12(18)19)21-13(3,4)20-8/h6-9H,5H2,1-4H3,(H,14,15)(H,16,17)(H,18,19)/t6-,7-,8?,9?/m0/s1. The second-order valence-electron chi connectivity index (χ2n) is 5.53. The van der Waals surface area contributed by atoms with Crippen LogP contribution in [0.25, 0.3) is 0 Å². The van der Waals surface area contributed by atoms with Crippen LogP contribution in [-0.4, -0.2) is 48.7 Å². The molecule has 120 valence electrons. The van der Waals surface area contributed by atoms with E-state index in [0.29, 0.717) is 6.42 Å². The molecule has 6 nitrogen and oxygen atoms in total. The number of carboxylic acids is 2.